The lowest BCUT2D eigenvalue weighted by atomic mass is 10.1. The molecule has 0 saturated carbocycles. The van der Waals surface area contributed by atoms with E-state index < -0.39 is 0 Å². The van der Waals surface area contributed by atoms with E-state index in [-0.39, 0.29) is 5.91 Å². The first-order valence-electron chi connectivity index (χ1n) is 8.49. The van der Waals surface area contributed by atoms with Crippen molar-refractivity contribution in [2.45, 2.75) is 20.4 Å². The molecular weight excluding hydrogens is 324 g/mol. The lowest BCUT2D eigenvalue weighted by Gasteiger charge is -2.17. The summed E-state index contributed by atoms with van der Waals surface area (Å²) in [5.41, 5.74) is 4.62. The minimum absolute atomic E-state index is 0.139. The molecule has 5 heteroatoms. The van der Waals surface area contributed by atoms with E-state index in [2.05, 4.69) is 21.4 Å². The molecule has 1 amide bonds. The highest BCUT2D eigenvalue weighted by molar-refractivity contribution is 5.92. The summed E-state index contributed by atoms with van der Waals surface area (Å²) in [6.07, 6.45) is 1.60. The van der Waals surface area contributed by atoms with E-state index in [4.69, 9.17) is 0 Å². The number of hydrogen-bond acceptors (Lipinski definition) is 4. The number of aromatic nitrogens is 2. The van der Waals surface area contributed by atoms with Crippen LogP contribution in [0.15, 0.2) is 60.8 Å². The van der Waals surface area contributed by atoms with Crippen molar-refractivity contribution < 1.29 is 4.79 Å². The second-order valence-corrected chi connectivity index (χ2v) is 6.36. The van der Waals surface area contributed by atoms with Crippen LogP contribution >= 0.6 is 0 Å². The highest BCUT2D eigenvalue weighted by Crippen LogP contribution is 2.20. The number of anilines is 2. The molecule has 0 fully saturated rings. The van der Waals surface area contributed by atoms with Gasteiger partial charge in [0, 0.05) is 25.5 Å². The third-order valence-corrected chi connectivity index (χ3v) is 4.12. The zero-order valence-corrected chi connectivity index (χ0v) is 15.2. The van der Waals surface area contributed by atoms with Gasteiger partial charge in [-0.05, 0) is 42.7 Å². The number of rotatable bonds is 5. The van der Waals surface area contributed by atoms with Gasteiger partial charge >= 0.3 is 0 Å². The van der Waals surface area contributed by atoms with Crippen molar-refractivity contribution in [3.05, 3.63) is 83.2 Å². The molecule has 0 spiro atoms. The summed E-state index contributed by atoms with van der Waals surface area (Å²) in [4.78, 5) is 23.0. The van der Waals surface area contributed by atoms with Crippen molar-refractivity contribution in [2.24, 2.45) is 0 Å². The van der Waals surface area contributed by atoms with Crippen molar-refractivity contribution in [1.82, 2.24) is 14.9 Å². The van der Waals surface area contributed by atoms with Gasteiger partial charge in [-0.15, -0.1) is 0 Å². The molecule has 26 heavy (non-hydrogen) atoms. The Kier molecular flexibility index (Phi) is 5.27. The molecule has 0 bridgehead atoms. The monoisotopic (exact) mass is 346 g/mol. The number of nitrogens with zero attached hydrogens (tertiary/aromatic N) is 3. The zero-order chi connectivity index (χ0) is 18.5. The van der Waals surface area contributed by atoms with Crippen LogP contribution < -0.4 is 5.32 Å². The maximum atomic E-state index is 12.7. The average molecular weight is 346 g/mol. The molecule has 0 atom stereocenters. The summed E-state index contributed by atoms with van der Waals surface area (Å²) in [6.45, 7) is 4.58. The molecule has 1 N–H and O–H groups in total. The van der Waals surface area contributed by atoms with Crippen LogP contribution in [-0.4, -0.2) is 27.8 Å². The molecule has 0 aliphatic heterocycles. The Morgan fingerprint density at radius 1 is 1.08 bits per heavy atom. The number of nitrogens with one attached hydrogen (secondary N) is 1. The minimum Gasteiger partial charge on any atom is -0.336 e. The largest absolute Gasteiger partial charge is 0.336 e. The van der Waals surface area contributed by atoms with E-state index in [1.54, 1.807) is 24.2 Å². The molecule has 0 radical (unpaired) electrons. The highest BCUT2D eigenvalue weighted by atomic mass is 16.2. The van der Waals surface area contributed by atoms with Crippen LogP contribution in [0.25, 0.3) is 0 Å². The van der Waals surface area contributed by atoms with Crippen LogP contribution in [0, 0.1) is 13.8 Å². The van der Waals surface area contributed by atoms with Crippen molar-refractivity contribution in [3.63, 3.8) is 0 Å². The summed E-state index contributed by atoms with van der Waals surface area (Å²) >= 11 is 0. The molecule has 1 aromatic heterocycles. The maximum Gasteiger partial charge on any atom is 0.272 e. The predicted octanol–water partition coefficient (Wildman–Crippen LogP) is 4.11. The zero-order valence-electron chi connectivity index (χ0n) is 15.2. The fourth-order valence-electron chi connectivity index (χ4n) is 2.65. The first-order chi connectivity index (χ1) is 12.5. The van der Waals surface area contributed by atoms with Crippen LogP contribution in [0.1, 0.15) is 27.2 Å². The van der Waals surface area contributed by atoms with Gasteiger partial charge in [0.15, 0.2) is 0 Å². The van der Waals surface area contributed by atoms with Crippen molar-refractivity contribution >= 4 is 17.5 Å². The quantitative estimate of drug-likeness (QED) is 0.755. The first kappa shape index (κ1) is 17.6. The van der Waals surface area contributed by atoms with E-state index >= 15 is 0 Å². The maximum absolute atomic E-state index is 12.7. The number of aryl methyl sites for hydroxylation is 2. The van der Waals surface area contributed by atoms with Crippen LogP contribution in [0.2, 0.25) is 0 Å². The lowest BCUT2D eigenvalue weighted by Crippen LogP contribution is -2.27. The van der Waals surface area contributed by atoms with Gasteiger partial charge < -0.3 is 10.2 Å². The van der Waals surface area contributed by atoms with Crippen molar-refractivity contribution in [1.29, 1.82) is 0 Å². The Labute approximate surface area is 153 Å². The molecule has 0 saturated heterocycles. The van der Waals surface area contributed by atoms with Gasteiger partial charge in [-0.3, -0.25) is 4.79 Å². The Bertz CT molecular complexity index is 909. The SMILES string of the molecule is Cc1ccc(C)c(Nc2nccc(C(=O)N(C)Cc3ccccc3)n2)c1. The molecule has 0 unspecified atom stereocenters. The first-order valence-corrected chi connectivity index (χ1v) is 8.49. The predicted molar refractivity (Wildman–Crippen MR) is 103 cm³/mol. The topological polar surface area (TPSA) is 58.1 Å². The van der Waals surface area contributed by atoms with E-state index in [9.17, 15) is 4.79 Å². The second-order valence-electron chi connectivity index (χ2n) is 6.36. The van der Waals surface area contributed by atoms with E-state index in [1.807, 2.05) is 56.3 Å². The van der Waals surface area contributed by atoms with Gasteiger partial charge in [0.05, 0.1) is 0 Å². The molecule has 0 aliphatic rings. The molecule has 3 aromatic rings. The summed E-state index contributed by atoms with van der Waals surface area (Å²) in [7, 11) is 1.77. The summed E-state index contributed by atoms with van der Waals surface area (Å²) in [5, 5.41) is 3.20. The fourth-order valence-corrected chi connectivity index (χ4v) is 2.65. The third kappa shape index (κ3) is 4.25. The summed E-state index contributed by atoms with van der Waals surface area (Å²) in [6, 6.07) is 17.7. The van der Waals surface area contributed by atoms with Crippen LogP contribution in [0.3, 0.4) is 0 Å². The molecule has 2 aromatic carbocycles. The number of carbonyl (C=O) groups is 1. The standard InChI is InChI=1S/C21H22N4O/c1-15-9-10-16(2)19(13-15)24-21-22-12-11-18(23-21)20(26)25(3)14-17-7-5-4-6-8-17/h4-13H,14H2,1-3H3,(H,22,23,24). The fraction of sp³-hybridized carbons (Fsp3) is 0.190. The second kappa shape index (κ2) is 7.78. The average Bonchev–Trinajstić information content (AvgIpc) is 2.65. The van der Waals surface area contributed by atoms with Crippen LogP contribution in [0.5, 0.6) is 0 Å². The Balaban J connectivity index is 1.76. The molecule has 0 aliphatic carbocycles. The van der Waals surface area contributed by atoms with E-state index in [1.165, 1.54) is 0 Å². The van der Waals surface area contributed by atoms with Crippen LogP contribution in [0.4, 0.5) is 11.6 Å². The number of hydrogen-bond donors (Lipinski definition) is 1. The van der Waals surface area contributed by atoms with Gasteiger partial charge in [-0.1, -0.05) is 42.5 Å². The van der Waals surface area contributed by atoms with Gasteiger partial charge in [0.1, 0.15) is 5.69 Å². The Hall–Kier alpha value is -3.21. The summed E-state index contributed by atoms with van der Waals surface area (Å²) in [5.74, 6) is 0.276. The molecule has 132 valence electrons. The lowest BCUT2D eigenvalue weighted by molar-refractivity contribution is 0.0779. The van der Waals surface area contributed by atoms with E-state index in [0.29, 0.717) is 18.2 Å². The number of benzene rings is 2. The van der Waals surface area contributed by atoms with Gasteiger partial charge in [-0.25, -0.2) is 9.97 Å². The van der Waals surface area contributed by atoms with Crippen molar-refractivity contribution in [2.75, 3.05) is 12.4 Å². The molecular formula is C21H22N4O. The van der Waals surface area contributed by atoms with E-state index in [0.717, 1.165) is 22.4 Å². The van der Waals surface area contributed by atoms with Gasteiger partial charge in [0.2, 0.25) is 5.95 Å². The van der Waals surface area contributed by atoms with Gasteiger partial charge in [-0.2, -0.15) is 0 Å². The Morgan fingerprint density at radius 2 is 1.85 bits per heavy atom. The number of carbonyl (C=O) groups excluding carboxylic acids is 1. The Morgan fingerprint density at radius 3 is 2.62 bits per heavy atom. The molecule has 3 rings (SSSR count). The normalized spacial score (nSPS) is 10.4. The minimum atomic E-state index is -0.139. The highest BCUT2D eigenvalue weighted by Gasteiger charge is 2.14. The number of amides is 1. The molecule has 5 nitrogen and oxygen atoms in total. The smallest absolute Gasteiger partial charge is 0.272 e. The van der Waals surface area contributed by atoms with Gasteiger partial charge in [0.25, 0.3) is 5.91 Å². The van der Waals surface area contributed by atoms with Crippen LogP contribution in [-0.2, 0) is 6.54 Å². The third-order valence-electron chi connectivity index (χ3n) is 4.12. The molecule has 1 heterocycles. The summed E-state index contributed by atoms with van der Waals surface area (Å²) < 4.78 is 0. The van der Waals surface area contributed by atoms with Crippen molar-refractivity contribution in [3.8, 4) is 0 Å².